The van der Waals surface area contributed by atoms with Crippen molar-refractivity contribution < 1.29 is 9.90 Å². The quantitative estimate of drug-likeness (QED) is 0.911. The fourth-order valence-electron chi connectivity index (χ4n) is 1.61. The Bertz CT molecular complexity index is 563. The zero-order chi connectivity index (χ0) is 12.4. The normalized spacial score (nSPS) is 10.5. The molecule has 2 aromatic rings. The van der Waals surface area contributed by atoms with Gasteiger partial charge in [-0.2, -0.15) is 5.10 Å². The summed E-state index contributed by atoms with van der Waals surface area (Å²) in [7, 11) is 0. The average Bonchev–Trinajstić information content (AvgIpc) is 2.73. The van der Waals surface area contributed by atoms with Crippen molar-refractivity contribution in [3.8, 4) is 5.69 Å². The van der Waals surface area contributed by atoms with Gasteiger partial charge in [0.1, 0.15) is 0 Å². The van der Waals surface area contributed by atoms with E-state index in [9.17, 15) is 4.79 Å². The van der Waals surface area contributed by atoms with Crippen molar-refractivity contribution >= 4 is 17.6 Å². The molecule has 0 amide bonds. The van der Waals surface area contributed by atoms with Crippen molar-refractivity contribution in [2.45, 2.75) is 13.3 Å². The molecule has 5 heteroatoms. The van der Waals surface area contributed by atoms with Gasteiger partial charge in [0.25, 0.3) is 0 Å². The first-order valence-electron chi connectivity index (χ1n) is 5.20. The Kier molecular flexibility index (Phi) is 3.15. The molecule has 0 aliphatic heterocycles. The zero-order valence-corrected chi connectivity index (χ0v) is 9.98. The summed E-state index contributed by atoms with van der Waals surface area (Å²) in [5, 5.41) is 13.5. The number of para-hydroxylation sites is 1. The Morgan fingerprint density at radius 2 is 2.18 bits per heavy atom. The third-order valence-corrected chi connectivity index (χ3v) is 2.76. The van der Waals surface area contributed by atoms with E-state index in [1.54, 1.807) is 22.9 Å². The molecule has 0 saturated carbocycles. The topological polar surface area (TPSA) is 55.1 Å². The molecule has 1 N–H and O–H groups in total. The van der Waals surface area contributed by atoms with Crippen LogP contribution in [-0.2, 0) is 6.42 Å². The Hall–Kier alpha value is -1.81. The fraction of sp³-hybridized carbons (Fsp3) is 0.167. The summed E-state index contributed by atoms with van der Waals surface area (Å²) >= 11 is 6.07. The fourth-order valence-corrected chi connectivity index (χ4v) is 1.82. The Morgan fingerprint density at radius 1 is 1.47 bits per heavy atom. The van der Waals surface area contributed by atoms with Gasteiger partial charge in [-0.3, -0.25) is 0 Å². The molecule has 0 aliphatic carbocycles. The van der Waals surface area contributed by atoms with Crippen LogP contribution < -0.4 is 0 Å². The Morgan fingerprint density at radius 3 is 2.76 bits per heavy atom. The van der Waals surface area contributed by atoms with E-state index in [2.05, 4.69) is 5.10 Å². The van der Waals surface area contributed by atoms with Crippen LogP contribution in [0.4, 0.5) is 0 Å². The van der Waals surface area contributed by atoms with E-state index < -0.39 is 5.97 Å². The van der Waals surface area contributed by atoms with Crippen LogP contribution in [0, 0.1) is 0 Å². The average molecular weight is 251 g/mol. The van der Waals surface area contributed by atoms with Gasteiger partial charge in [-0.1, -0.05) is 30.7 Å². The van der Waals surface area contributed by atoms with E-state index in [1.807, 2.05) is 19.1 Å². The summed E-state index contributed by atoms with van der Waals surface area (Å²) in [5.74, 6) is -1.04. The predicted molar refractivity (Wildman–Crippen MR) is 64.9 cm³/mol. The number of hydrogen-bond acceptors (Lipinski definition) is 2. The molecule has 4 nitrogen and oxygen atoms in total. The van der Waals surface area contributed by atoms with Crippen molar-refractivity contribution in [2.24, 2.45) is 0 Å². The number of rotatable bonds is 3. The van der Waals surface area contributed by atoms with E-state index in [-0.39, 0.29) is 5.69 Å². The maximum Gasteiger partial charge on any atom is 0.356 e. The number of hydrogen-bond donors (Lipinski definition) is 1. The van der Waals surface area contributed by atoms with E-state index in [1.165, 1.54) is 0 Å². The minimum atomic E-state index is -1.04. The van der Waals surface area contributed by atoms with Gasteiger partial charge in [-0.15, -0.1) is 0 Å². The lowest BCUT2D eigenvalue weighted by Crippen LogP contribution is -2.03. The molecule has 17 heavy (non-hydrogen) atoms. The van der Waals surface area contributed by atoms with E-state index in [0.717, 1.165) is 5.69 Å². The number of benzene rings is 1. The Labute approximate surface area is 103 Å². The molecule has 0 spiro atoms. The molecule has 1 aromatic carbocycles. The summed E-state index contributed by atoms with van der Waals surface area (Å²) in [4.78, 5) is 10.9. The molecule has 0 fully saturated rings. The van der Waals surface area contributed by atoms with Crippen molar-refractivity contribution in [3.63, 3.8) is 0 Å². The maximum atomic E-state index is 10.9. The molecule has 88 valence electrons. The number of aromatic nitrogens is 2. The minimum Gasteiger partial charge on any atom is -0.476 e. The first-order valence-corrected chi connectivity index (χ1v) is 5.58. The van der Waals surface area contributed by atoms with Gasteiger partial charge in [0.15, 0.2) is 5.69 Å². The lowest BCUT2D eigenvalue weighted by atomic mass is 10.2. The smallest absolute Gasteiger partial charge is 0.356 e. The van der Waals surface area contributed by atoms with E-state index in [4.69, 9.17) is 16.7 Å². The lowest BCUT2D eigenvalue weighted by Gasteiger charge is -2.07. The maximum absolute atomic E-state index is 10.9. The van der Waals surface area contributed by atoms with Gasteiger partial charge in [0, 0.05) is 5.69 Å². The van der Waals surface area contributed by atoms with E-state index in [0.29, 0.717) is 17.1 Å². The molecule has 0 aliphatic rings. The van der Waals surface area contributed by atoms with Crippen LogP contribution in [0.2, 0.25) is 5.02 Å². The number of carbonyl (C=O) groups is 1. The molecular weight excluding hydrogens is 240 g/mol. The van der Waals surface area contributed by atoms with Crippen LogP contribution in [0.3, 0.4) is 0 Å². The molecule has 1 aromatic heterocycles. The lowest BCUT2D eigenvalue weighted by molar-refractivity contribution is 0.0690. The molecular formula is C12H11ClN2O2. The number of nitrogens with zero attached hydrogens (tertiary/aromatic N) is 2. The van der Waals surface area contributed by atoms with Crippen LogP contribution in [0.15, 0.2) is 30.3 Å². The van der Waals surface area contributed by atoms with Crippen LogP contribution >= 0.6 is 11.6 Å². The first kappa shape index (κ1) is 11.7. The molecule has 0 radical (unpaired) electrons. The van der Waals surface area contributed by atoms with Gasteiger partial charge in [0.05, 0.1) is 10.7 Å². The second-order valence-corrected chi connectivity index (χ2v) is 3.95. The van der Waals surface area contributed by atoms with Crippen molar-refractivity contribution in [2.75, 3.05) is 0 Å². The zero-order valence-electron chi connectivity index (χ0n) is 9.22. The summed E-state index contributed by atoms with van der Waals surface area (Å²) in [6, 6.07) is 8.77. The summed E-state index contributed by atoms with van der Waals surface area (Å²) in [5.41, 5.74) is 1.54. The van der Waals surface area contributed by atoms with Crippen LogP contribution in [0.1, 0.15) is 23.1 Å². The van der Waals surface area contributed by atoms with Gasteiger partial charge in [0.2, 0.25) is 0 Å². The van der Waals surface area contributed by atoms with Crippen LogP contribution in [-0.4, -0.2) is 20.9 Å². The van der Waals surface area contributed by atoms with Gasteiger partial charge in [-0.25, -0.2) is 9.48 Å². The molecule has 1 heterocycles. The van der Waals surface area contributed by atoms with E-state index >= 15 is 0 Å². The largest absolute Gasteiger partial charge is 0.476 e. The predicted octanol–water partition coefficient (Wildman–Crippen LogP) is 2.79. The van der Waals surface area contributed by atoms with Gasteiger partial charge in [-0.05, 0) is 24.6 Å². The van der Waals surface area contributed by atoms with Crippen LogP contribution in [0.25, 0.3) is 5.69 Å². The number of aryl methyl sites for hydroxylation is 1. The standard InChI is InChI=1S/C12H11ClN2O2/c1-2-8-7-10(12(16)17)14-15(8)11-6-4-3-5-9(11)13/h3-7H,2H2,1H3,(H,16,17). The van der Waals surface area contributed by atoms with Gasteiger partial charge < -0.3 is 5.11 Å². The van der Waals surface area contributed by atoms with Gasteiger partial charge >= 0.3 is 5.97 Å². The molecule has 0 atom stereocenters. The second kappa shape index (κ2) is 4.59. The highest BCUT2D eigenvalue weighted by molar-refractivity contribution is 6.32. The summed E-state index contributed by atoms with van der Waals surface area (Å²) < 4.78 is 1.58. The highest BCUT2D eigenvalue weighted by atomic mass is 35.5. The Balaban J connectivity index is 2.59. The third kappa shape index (κ3) is 2.17. The number of carboxylic acid groups (broad SMARTS) is 1. The monoisotopic (exact) mass is 250 g/mol. The van der Waals surface area contributed by atoms with Crippen LogP contribution in [0.5, 0.6) is 0 Å². The highest BCUT2D eigenvalue weighted by Crippen LogP contribution is 2.21. The SMILES string of the molecule is CCc1cc(C(=O)O)nn1-c1ccccc1Cl. The number of aromatic carboxylic acids is 1. The molecule has 0 saturated heterocycles. The summed E-state index contributed by atoms with van der Waals surface area (Å²) in [6.45, 7) is 1.94. The van der Waals surface area contributed by atoms with Crippen molar-refractivity contribution in [1.29, 1.82) is 0 Å². The summed E-state index contributed by atoms with van der Waals surface area (Å²) in [6.07, 6.45) is 0.686. The second-order valence-electron chi connectivity index (χ2n) is 3.54. The first-order chi connectivity index (χ1) is 8.13. The van der Waals surface area contributed by atoms with Crippen molar-refractivity contribution in [1.82, 2.24) is 9.78 Å². The molecule has 0 unspecified atom stereocenters. The minimum absolute atomic E-state index is 0.0294. The highest BCUT2D eigenvalue weighted by Gasteiger charge is 2.14. The van der Waals surface area contributed by atoms with Crippen molar-refractivity contribution in [3.05, 3.63) is 46.7 Å². The molecule has 0 bridgehead atoms. The number of halogens is 1. The third-order valence-electron chi connectivity index (χ3n) is 2.45. The molecule has 2 rings (SSSR count). The number of carboxylic acids is 1.